The van der Waals surface area contributed by atoms with E-state index in [0.29, 0.717) is 11.5 Å². The van der Waals surface area contributed by atoms with Crippen molar-refractivity contribution in [2.45, 2.75) is 62.0 Å². The molecule has 0 unspecified atom stereocenters. The quantitative estimate of drug-likeness (QED) is 0.577. The number of hydrogen-bond acceptors (Lipinski definition) is 5. The first kappa shape index (κ1) is 25.6. The summed E-state index contributed by atoms with van der Waals surface area (Å²) < 4.78 is 42.2. The van der Waals surface area contributed by atoms with Gasteiger partial charge in [-0.25, -0.2) is 12.8 Å². The van der Waals surface area contributed by atoms with E-state index in [1.165, 1.54) is 30.7 Å². The van der Waals surface area contributed by atoms with Gasteiger partial charge in [-0.1, -0.05) is 0 Å². The number of benzene rings is 2. The summed E-state index contributed by atoms with van der Waals surface area (Å²) in [7, 11) is -3.26. The molecule has 0 aromatic heterocycles. The SMILES string of the molecule is CS(=O)(=O)c1ccc(C(=O)N[C@H]2CC[C@H](CCN3CCC(Oc4ccc(F)cc4)CC3)CC2)cc1. The Morgan fingerprint density at radius 1 is 0.971 bits per heavy atom. The standard InChI is InChI=1S/C27H35FN2O4S/c1-35(32,33)26-12-4-21(5-13-26)27(31)29-23-8-2-20(3-9-23)14-17-30-18-15-25(16-19-30)34-24-10-6-22(28)7-11-24/h4-7,10-13,20,23,25H,2-3,8-9,14-19H2,1H3,(H,29,31)/t20-,23-. The number of likely N-dealkylation sites (tertiary alicyclic amines) is 1. The van der Waals surface area contributed by atoms with Crippen LogP contribution in [0.2, 0.25) is 0 Å². The molecule has 1 amide bonds. The van der Waals surface area contributed by atoms with Gasteiger partial charge in [-0.15, -0.1) is 0 Å². The highest BCUT2D eigenvalue weighted by molar-refractivity contribution is 7.90. The maximum Gasteiger partial charge on any atom is 0.251 e. The number of rotatable bonds is 8. The minimum absolute atomic E-state index is 0.140. The van der Waals surface area contributed by atoms with Crippen LogP contribution in [0.4, 0.5) is 4.39 Å². The maximum absolute atomic E-state index is 13.0. The van der Waals surface area contributed by atoms with Crippen LogP contribution in [0.5, 0.6) is 5.75 Å². The van der Waals surface area contributed by atoms with Crippen molar-refractivity contribution in [3.8, 4) is 5.75 Å². The first-order chi connectivity index (χ1) is 16.8. The topological polar surface area (TPSA) is 75.7 Å². The first-order valence-electron chi connectivity index (χ1n) is 12.5. The molecule has 2 aromatic carbocycles. The third kappa shape index (κ3) is 7.51. The summed E-state index contributed by atoms with van der Waals surface area (Å²) in [5.41, 5.74) is 0.492. The van der Waals surface area contributed by atoms with Crippen molar-refractivity contribution in [1.29, 1.82) is 0 Å². The summed E-state index contributed by atoms with van der Waals surface area (Å²) in [6.45, 7) is 3.14. The normalized spacial score (nSPS) is 22.0. The van der Waals surface area contributed by atoms with Crippen LogP contribution in [0.3, 0.4) is 0 Å². The lowest BCUT2D eigenvalue weighted by molar-refractivity contribution is 0.0897. The number of hydrogen-bond donors (Lipinski definition) is 1. The van der Waals surface area contributed by atoms with Gasteiger partial charge in [0, 0.05) is 31.0 Å². The molecule has 6 nitrogen and oxygen atoms in total. The lowest BCUT2D eigenvalue weighted by Crippen LogP contribution is -2.40. The lowest BCUT2D eigenvalue weighted by atomic mass is 9.84. The van der Waals surface area contributed by atoms with E-state index in [-0.39, 0.29) is 28.8 Å². The highest BCUT2D eigenvalue weighted by Gasteiger charge is 2.25. The van der Waals surface area contributed by atoms with E-state index in [2.05, 4.69) is 10.2 Å². The average molecular weight is 503 g/mol. The van der Waals surface area contributed by atoms with Crippen molar-refractivity contribution < 1.29 is 22.3 Å². The Morgan fingerprint density at radius 3 is 2.20 bits per heavy atom. The third-order valence-electron chi connectivity index (χ3n) is 7.23. The Kier molecular flexibility index (Phi) is 8.44. The first-order valence-corrected chi connectivity index (χ1v) is 14.4. The Morgan fingerprint density at radius 2 is 1.60 bits per heavy atom. The zero-order valence-corrected chi connectivity index (χ0v) is 21.1. The molecule has 1 N–H and O–H groups in total. The van der Waals surface area contributed by atoms with Crippen molar-refractivity contribution in [3.05, 3.63) is 59.9 Å². The van der Waals surface area contributed by atoms with E-state index < -0.39 is 9.84 Å². The lowest BCUT2D eigenvalue weighted by Gasteiger charge is -2.34. The van der Waals surface area contributed by atoms with E-state index >= 15 is 0 Å². The maximum atomic E-state index is 13.0. The summed E-state index contributed by atoms with van der Waals surface area (Å²) >= 11 is 0. The molecule has 0 radical (unpaired) electrons. The Bertz CT molecular complexity index is 1070. The molecule has 0 spiro atoms. The molecular weight excluding hydrogens is 467 g/mol. The van der Waals surface area contributed by atoms with Crippen LogP contribution < -0.4 is 10.1 Å². The molecule has 0 bridgehead atoms. The second-order valence-electron chi connectivity index (χ2n) is 9.89. The van der Waals surface area contributed by atoms with Gasteiger partial charge in [0.15, 0.2) is 9.84 Å². The summed E-state index contributed by atoms with van der Waals surface area (Å²) in [5, 5.41) is 3.11. The predicted octanol–water partition coefficient (Wildman–Crippen LogP) is 4.45. The van der Waals surface area contributed by atoms with Crippen LogP contribution in [0.1, 0.15) is 55.3 Å². The number of carbonyl (C=O) groups excluding carboxylic acids is 1. The second-order valence-corrected chi connectivity index (χ2v) is 11.9. The Balaban J connectivity index is 1.12. The number of nitrogens with zero attached hydrogens (tertiary/aromatic N) is 1. The van der Waals surface area contributed by atoms with Crippen molar-refractivity contribution in [2.75, 3.05) is 25.9 Å². The molecule has 1 heterocycles. The zero-order valence-electron chi connectivity index (χ0n) is 20.3. The zero-order chi connectivity index (χ0) is 24.8. The number of ether oxygens (including phenoxy) is 1. The average Bonchev–Trinajstić information content (AvgIpc) is 2.85. The van der Waals surface area contributed by atoms with Gasteiger partial charge >= 0.3 is 0 Å². The highest BCUT2D eigenvalue weighted by atomic mass is 32.2. The molecule has 2 aromatic rings. The number of sulfone groups is 1. The summed E-state index contributed by atoms with van der Waals surface area (Å²) in [6, 6.07) is 12.5. The summed E-state index contributed by atoms with van der Waals surface area (Å²) in [4.78, 5) is 15.3. The van der Waals surface area contributed by atoms with Crippen LogP contribution in [0.15, 0.2) is 53.4 Å². The largest absolute Gasteiger partial charge is 0.490 e. The molecule has 1 aliphatic heterocycles. The number of carbonyl (C=O) groups is 1. The van der Waals surface area contributed by atoms with Crippen molar-refractivity contribution >= 4 is 15.7 Å². The highest BCUT2D eigenvalue weighted by Crippen LogP contribution is 2.28. The fourth-order valence-electron chi connectivity index (χ4n) is 5.04. The molecule has 1 aliphatic carbocycles. The molecule has 2 fully saturated rings. The van der Waals surface area contributed by atoms with Crippen molar-refractivity contribution in [2.24, 2.45) is 5.92 Å². The fraction of sp³-hybridized carbons (Fsp3) is 0.519. The monoisotopic (exact) mass is 502 g/mol. The van der Waals surface area contributed by atoms with Crippen LogP contribution in [0.25, 0.3) is 0 Å². The molecule has 0 atom stereocenters. The van der Waals surface area contributed by atoms with Gasteiger partial charge in [0.2, 0.25) is 0 Å². The number of nitrogens with one attached hydrogen (secondary N) is 1. The van der Waals surface area contributed by atoms with E-state index in [0.717, 1.165) is 70.2 Å². The molecular formula is C27H35FN2O4S. The molecule has 35 heavy (non-hydrogen) atoms. The van der Waals surface area contributed by atoms with Gasteiger partial charge in [-0.05, 0) is 106 Å². The van der Waals surface area contributed by atoms with Crippen LogP contribution in [-0.4, -0.2) is 57.3 Å². The fourth-order valence-corrected chi connectivity index (χ4v) is 5.67. The van der Waals surface area contributed by atoms with Gasteiger partial charge < -0.3 is 15.0 Å². The van der Waals surface area contributed by atoms with Crippen LogP contribution in [0, 0.1) is 11.7 Å². The van der Waals surface area contributed by atoms with E-state index in [1.807, 2.05) is 0 Å². The van der Waals surface area contributed by atoms with Gasteiger partial charge in [-0.2, -0.15) is 0 Å². The molecule has 4 rings (SSSR count). The van der Waals surface area contributed by atoms with E-state index in [4.69, 9.17) is 4.74 Å². The van der Waals surface area contributed by atoms with Gasteiger partial charge in [0.1, 0.15) is 17.7 Å². The third-order valence-corrected chi connectivity index (χ3v) is 8.36. The second kappa shape index (κ2) is 11.5. The van der Waals surface area contributed by atoms with Crippen LogP contribution in [-0.2, 0) is 9.84 Å². The van der Waals surface area contributed by atoms with Gasteiger partial charge in [0.25, 0.3) is 5.91 Å². The van der Waals surface area contributed by atoms with E-state index in [9.17, 15) is 17.6 Å². The Hall–Kier alpha value is -2.45. The minimum atomic E-state index is -3.26. The van der Waals surface area contributed by atoms with Crippen molar-refractivity contribution in [3.63, 3.8) is 0 Å². The number of piperidine rings is 1. The van der Waals surface area contributed by atoms with Gasteiger partial charge in [0.05, 0.1) is 4.90 Å². The van der Waals surface area contributed by atoms with Crippen LogP contribution >= 0.6 is 0 Å². The predicted molar refractivity (Wildman–Crippen MR) is 134 cm³/mol. The van der Waals surface area contributed by atoms with Gasteiger partial charge in [-0.3, -0.25) is 4.79 Å². The molecule has 1 saturated carbocycles. The molecule has 190 valence electrons. The smallest absolute Gasteiger partial charge is 0.251 e. The number of halogens is 1. The molecule has 2 aliphatic rings. The number of amides is 1. The van der Waals surface area contributed by atoms with Crippen molar-refractivity contribution in [1.82, 2.24) is 10.2 Å². The summed E-state index contributed by atoms with van der Waals surface area (Å²) in [5.74, 6) is 1.04. The molecule has 1 saturated heterocycles. The molecule has 8 heteroatoms. The minimum Gasteiger partial charge on any atom is -0.490 e. The summed E-state index contributed by atoms with van der Waals surface area (Å²) in [6.07, 6.45) is 8.69. The van der Waals surface area contributed by atoms with E-state index in [1.54, 1.807) is 24.3 Å². The Labute approximate surface area is 207 Å².